The third-order valence-electron chi connectivity index (χ3n) is 6.45. The molecule has 29 heavy (non-hydrogen) atoms. The third-order valence-corrected chi connectivity index (χ3v) is 6.45. The van der Waals surface area contributed by atoms with Gasteiger partial charge in [0.25, 0.3) is 0 Å². The van der Waals surface area contributed by atoms with E-state index in [9.17, 15) is 4.79 Å². The summed E-state index contributed by atoms with van der Waals surface area (Å²) >= 11 is 0. The maximum Gasteiger partial charge on any atom is 0.230 e. The zero-order valence-electron chi connectivity index (χ0n) is 16.6. The number of nitrogens with one attached hydrogen (secondary N) is 1. The summed E-state index contributed by atoms with van der Waals surface area (Å²) in [4.78, 5) is 15.6. The number of carbonyl (C=O) groups is 1. The third kappa shape index (κ3) is 3.60. The summed E-state index contributed by atoms with van der Waals surface area (Å²) in [6.45, 7) is 3.40. The summed E-state index contributed by atoms with van der Waals surface area (Å²) in [5.74, 6) is 0.182. The first-order valence-corrected chi connectivity index (χ1v) is 10.5. The van der Waals surface area contributed by atoms with Crippen LogP contribution in [0.5, 0.6) is 0 Å². The van der Waals surface area contributed by atoms with Crippen LogP contribution in [0.4, 0.5) is 0 Å². The molecule has 1 fully saturated rings. The SMILES string of the molecule is O=C(NCC1Cn2cccc2CN1Cc1ccccc1)C1(c2ccccc2)CC1. The molecular formula is C25H27N3O. The van der Waals surface area contributed by atoms with Gasteiger partial charge in [0.05, 0.1) is 5.41 Å². The lowest BCUT2D eigenvalue weighted by Crippen LogP contribution is -2.50. The topological polar surface area (TPSA) is 37.3 Å². The van der Waals surface area contributed by atoms with Crippen molar-refractivity contribution < 1.29 is 4.79 Å². The lowest BCUT2D eigenvalue weighted by molar-refractivity contribution is -0.123. The van der Waals surface area contributed by atoms with Gasteiger partial charge in [0.15, 0.2) is 0 Å². The second kappa shape index (κ2) is 7.53. The number of benzene rings is 2. The molecule has 1 aliphatic heterocycles. The van der Waals surface area contributed by atoms with Crippen LogP contribution < -0.4 is 5.32 Å². The highest BCUT2D eigenvalue weighted by molar-refractivity contribution is 5.91. The van der Waals surface area contributed by atoms with Crippen molar-refractivity contribution in [3.63, 3.8) is 0 Å². The fourth-order valence-corrected chi connectivity index (χ4v) is 4.56. The van der Waals surface area contributed by atoms with Crippen molar-refractivity contribution in [2.45, 2.75) is 43.9 Å². The van der Waals surface area contributed by atoms with Gasteiger partial charge in [-0.1, -0.05) is 60.7 Å². The molecule has 1 N–H and O–H groups in total. The van der Waals surface area contributed by atoms with Crippen LogP contribution in [-0.2, 0) is 29.8 Å². The molecule has 0 saturated heterocycles. The second-order valence-corrected chi connectivity index (χ2v) is 8.35. The van der Waals surface area contributed by atoms with Gasteiger partial charge in [0, 0.05) is 44.1 Å². The van der Waals surface area contributed by atoms with Crippen molar-refractivity contribution in [1.82, 2.24) is 14.8 Å². The highest BCUT2D eigenvalue weighted by Gasteiger charge is 2.51. The molecule has 1 saturated carbocycles. The molecule has 1 unspecified atom stereocenters. The van der Waals surface area contributed by atoms with Crippen LogP contribution in [0.15, 0.2) is 79.0 Å². The van der Waals surface area contributed by atoms with Gasteiger partial charge in [-0.3, -0.25) is 9.69 Å². The van der Waals surface area contributed by atoms with Gasteiger partial charge in [-0.15, -0.1) is 0 Å². The smallest absolute Gasteiger partial charge is 0.230 e. The van der Waals surface area contributed by atoms with Crippen LogP contribution in [0, 0.1) is 0 Å². The highest BCUT2D eigenvalue weighted by atomic mass is 16.2. The molecule has 1 aliphatic carbocycles. The van der Waals surface area contributed by atoms with Gasteiger partial charge in [0.1, 0.15) is 0 Å². The predicted molar refractivity (Wildman–Crippen MR) is 114 cm³/mol. The van der Waals surface area contributed by atoms with Crippen LogP contribution in [0.3, 0.4) is 0 Å². The minimum absolute atomic E-state index is 0.182. The molecule has 0 bridgehead atoms. The number of hydrogen-bond donors (Lipinski definition) is 1. The van der Waals surface area contributed by atoms with Crippen LogP contribution in [0.1, 0.15) is 29.7 Å². The lowest BCUT2D eigenvalue weighted by atomic mass is 9.95. The minimum atomic E-state index is -0.307. The van der Waals surface area contributed by atoms with Gasteiger partial charge >= 0.3 is 0 Å². The molecule has 2 aliphatic rings. The van der Waals surface area contributed by atoms with Crippen LogP contribution in [0.25, 0.3) is 0 Å². The van der Waals surface area contributed by atoms with Crippen molar-refractivity contribution in [3.8, 4) is 0 Å². The summed E-state index contributed by atoms with van der Waals surface area (Å²) in [6, 6.07) is 25.4. The van der Waals surface area contributed by atoms with Gasteiger partial charge in [0.2, 0.25) is 5.91 Å². The van der Waals surface area contributed by atoms with Crippen molar-refractivity contribution in [1.29, 1.82) is 0 Å². The van der Waals surface area contributed by atoms with E-state index in [0.29, 0.717) is 6.54 Å². The molecule has 2 heterocycles. The van der Waals surface area contributed by atoms with Gasteiger partial charge in [-0.2, -0.15) is 0 Å². The Hall–Kier alpha value is -2.85. The fourth-order valence-electron chi connectivity index (χ4n) is 4.56. The number of nitrogens with zero attached hydrogens (tertiary/aromatic N) is 2. The number of fused-ring (bicyclic) bond motifs is 1. The first kappa shape index (κ1) is 18.2. The van der Waals surface area contributed by atoms with E-state index >= 15 is 0 Å². The monoisotopic (exact) mass is 385 g/mol. The molecule has 0 spiro atoms. The zero-order chi connectivity index (χ0) is 19.7. The predicted octanol–water partition coefficient (Wildman–Crippen LogP) is 3.72. The molecule has 3 aromatic rings. The number of hydrogen-bond acceptors (Lipinski definition) is 2. The van der Waals surface area contributed by atoms with E-state index in [4.69, 9.17) is 0 Å². The molecule has 4 nitrogen and oxygen atoms in total. The molecule has 5 rings (SSSR count). The van der Waals surface area contributed by atoms with Crippen LogP contribution >= 0.6 is 0 Å². The Kier molecular flexibility index (Phi) is 4.72. The molecule has 148 valence electrons. The van der Waals surface area contributed by atoms with Gasteiger partial charge in [-0.25, -0.2) is 0 Å². The Morgan fingerprint density at radius 2 is 1.69 bits per heavy atom. The van der Waals surface area contributed by atoms with Crippen LogP contribution in [0.2, 0.25) is 0 Å². The lowest BCUT2D eigenvalue weighted by Gasteiger charge is -2.37. The summed E-state index contributed by atoms with van der Waals surface area (Å²) in [5, 5.41) is 3.30. The molecule has 1 amide bonds. The maximum atomic E-state index is 13.1. The highest BCUT2D eigenvalue weighted by Crippen LogP contribution is 2.48. The zero-order valence-corrected chi connectivity index (χ0v) is 16.6. The maximum absolute atomic E-state index is 13.1. The van der Waals surface area contributed by atoms with E-state index in [-0.39, 0.29) is 17.4 Å². The number of aromatic nitrogens is 1. The second-order valence-electron chi connectivity index (χ2n) is 8.35. The minimum Gasteiger partial charge on any atom is -0.354 e. The Morgan fingerprint density at radius 1 is 0.966 bits per heavy atom. The summed E-state index contributed by atoms with van der Waals surface area (Å²) in [5.41, 5.74) is 3.49. The Bertz CT molecular complexity index is 976. The van der Waals surface area contributed by atoms with E-state index in [2.05, 4.69) is 75.6 Å². The van der Waals surface area contributed by atoms with Crippen molar-refractivity contribution >= 4 is 5.91 Å². The Morgan fingerprint density at radius 3 is 2.41 bits per heavy atom. The van der Waals surface area contributed by atoms with E-state index in [1.54, 1.807) is 0 Å². The van der Waals surface area contributed by atoms with Gasteiger partial charge < -0.3 is 9.88 Å². The largest absolute Gasteiger partial charge is 0.354 e. The molecule has 1 aromatic heterocycles. The van der Waals surface area contributed by atoms with E-state index in [1.807, 2.05) is 18.2 Å². The van der Waals surface area contributed by atoms with Crippen molar-refractivity contribution in [3.05, 3.63) is 95.8 Å². The van der Waals surface area contributed by atoms with Crippen molar-refractivity contribution in [2.75, 3.05) is 6.54 Å². The summed E-state index contributed by atoms with van der Waals surface area (Å²) in [7, 11) is 0. The summed E-state index contributed by atoms with van der Waals surface area (Å²) in [6.07, 6.45) is 4.04. The average Bonchev–Trinajstić information content (AvgIpc) is 3.46. The molecule has 0 radical (unpaired) electrons. The normalized spacial score (nSPS) is 20.1. The quantitative estimate of drug-likeness (QED) is 0.702. The molecule has 4 heteroatoms. The summed E-state index contributed by atoms with van der Waals surface area (Å²) < 4.78 is 2.32. The van der Waals surface area contributed by atoms with Crippen LogP contribution in [-0.4, -0.2) is 28.0 Å². The van der Waals surface area contributed by atoms with E-state index in [1.165, 1.54) is 11.3 Å². The average molecular weight is 386 g/mol. The molecule has 2 aromatic carbocycles. The Balaban J connectivity index is 1.30. The first-order valence-electron chi connectivity index (χ1n) is 10.5. The standard InChI is InChI=1S/C25H27N3O/c29-24(25(13-14-25)21-10-5-2-6-11-21)26-16-23-19-27-15-7-12-22(27)18-28(23)17-20-8-3-1-4-9-20/h1-12,15,23H,13-14,16-19H2,(H,26,29). The Labute approximate surface area is 172 Å². The van der Waals surface area contributed by atoms with E-state index < -0.39 is 0 Å². The fraction of sp³-hybridized carbons (Fsp3) is 0.320. The molecule has 1 atom stereocenters. The van der Waals surface area contributed by atoms with E-state index in [0.717, 1.165) is 38.0 Å². The molecular weight excluding hydrogens is 358 g/mol. The first-order chi connectivity index (χ1) is 14.2. The number of carbonyl (C=O) groups excluding carboxylic acids is 1. The number of rotatable bonds is 6. The number of amides is 1. The van der Waals surface area contributed by atoms with Crippen molar-refractivity contribution in [2.24, 2.45) is 0 Å². The van der Waals surface area contributed by atoms with Gasteiger partial charge in [-0.05, 0) is 36.1 Å².